The van der Waals surface area contributed by atoms with Crippen LogP contribution in [0.3, 0.4) is 0 Å². The Bertz CT molecular complexity index is 234. The van der Waals surface area contributed by atoms with E-state index < -0.39 is 0 Å². The van der Waals surface area contributed by atoms with E-state index in [2.05, 4.69) is 0 Å². The second-order valence-corrected chi connectivity index (χ2v) is 3.89. The van der Waals surface area contributed by atoms with Gasteiger partial charge in [-0.1, -0.05) is 0 Å². The van der Waals surface area contributed by atoms with Gasteiger partial charge in [-0.05, 0) is 43.9 Å². The van der Waals surface area contributed by atoms with Crippen molar-refractivity contribution in [3.63, 3.8) is 0 Å². The Hall–Kier alpha value is -0.660. The van der Waals surface area contributed by atoms with Crippen molar-refractivity contribution < 1.29 is 9.59 Å². The third-order valence-electron chi connectivity index (χ3n) is 2.93. The van der Waals surface area contributed by atoms with E-state index in [1.165, 1.54) is 0 Å². The quantitative estimate of drug-likeness (QED) is 0.620. The van der Waals surface area contributed by atoms with Crippen molar-refractivity contribution in [1.82, 2.24) is 0 Å². The van der Waals surface area contributed by atoms with Crippen LogP contribution in [0.4, 0.5) is 0 Å². The number of rotatable bonds is 2. The summed E-state index contributed by atoms with van der Waals surface area (Å²) in [6.07, 6.45) is 9.89. The van der Waals surface area contributed by atoms with E-state index >= 15 is 0 Å². The minimum Gasteiger partial charge on any atom is -0.303 e. The molecule has 2 aliphatic rings. The highest BCUT2D eigenvalue weighted by atomic mass is 16.1. The van der Waals surface area contributed by atoms with E-state index in [-0.39, 0.29) is 5.92 Å². The molecule has 0 heterocycles. The van der Waals surface area contributed by atoms with Crippen LogP contribution < -0.4 is 0 Å². The molecule has 2 aliphatic carbocycles. The molecule has 2 fully saturated rings. The van der Waals surface area contributed by atoms with Crippen LogP contribution in [-0.4, -0.2) is 12.1 Å². The SMILES string of the molecule is O=C[C]1[CH][CH][CH][C]1C1CCCC(=O)C1. The highest BCUT2D eigenvalue weighted by Gasteiger charge is 2.37. The monoisotopic (exact) mass is 189 g/mol. The zero-order valence-electron chi connectivity index (χ0n) is 8.03. The summed E-state index contributed by atoms with van der Waals surface area (Å²) in [5.41, 5.74) is 0. The van der Waals surface area contributed by atoms with Gasteiger partial charge in [-0.25, -0.2) is 0 Å². The lowest BCUT2D eigenvalue weighted by Crippen LogP contribution is -2.23. The van der Waals surface area contributed by atoms with Gasteiger partial charge in [0, 0.05) is 18.8 Å². The van der Waals surface area contributed by atoms with Crippen LogP contribution in [0.15, 0.2) is 0 Å². The first-order valence-electron chi connectivity index (χ1n) is 5.03. The van der Waals surface area contributed by atoms with Crippen LogP contribution in [-0.2, 0) is 9.59 Å². The topological polar surface area (TPSA) is 34.1 Å². The summed E-state index contributed by atoms with van der Waals surface area (Å²) in [7, 11) is 0. The number of hydrogen-bond acceptors (Lipinski definition) is 2. The van der Waals surface area contributed by atoms with Crippen molar-refractivity contribution in [1.29, 1.82) is 0 Å². The van der Waals surface area contributed by atoms with Crippen molar-refractivity contribution in [2.45, 2.75) is 25.7 Å². The molecule has 0 aromatic heterocycles. The lowest BCUT2D eigenvalue weighted by molar-refractivity contribution is -0.121. The number of Topliss-reactive ketones (excluding diaryl/α,β-unsaturated/α-hetero) is 1. The van der Waals surface area contributed by atoms with Gasteiger partial charge in [-0.15, -0.1) is 0 Å². The van der Waals surface area contributed by atoms with Crippen molar-refractivity contribution in [2.24, 2.45) is 5.92 Å². The van der Waals surface area contributed by atoms with Gasteiger partial charge >= 0.3 is 0 Å². The number of carbonyl (C=O) groups is 2. The summed E-state index contributed by atoms with van der Waals surface area (Å²) in [5, 5.41) is 0. The number of ketones is 1. The summed E-state index contributed by atoms with van der Waals surface area (Å²) in [4.78, 5) is 22.0. The average Bonchev–Trinajstić information content (AvgIpc) is 2.65. The van der Waals surface area contributed by atoms with E-state index in [1.54, 1.807) is 0 Å². The zero-order valence-corrected chi connectivity index (χ0v) is 8.03. The third kappa shape index (κ3) is 1.89. The van der Waals surface area contributed by atoms with Crippen LogP contribution in [0.25, 0.3) is 0 Å². The average molecular weight is 189 g/mol. The summed E-state index contributed by atoms with van der Waals surface area (Å²) < 4.78 is 0. The van der Waals surface area contributed by atoms with Crippen molar-refractivity contribution in [3.8, 4) is 0 Å². The first-order valence-corrected chi connectivity index (χ1v) is 5.03. The van der Waals surface area contributed by atoms with Gasteiger partial charge in [0.2, 0.25) is 0 Å². The normalized spacial score (nSPS) is 30.9. The van der Waals surface area contributed by atoms with Gasteiger partial charge in [-0.2, -0.15) is 0 Å². The standard InChI is InChI=1S/C12H13O2/c13-8-10-4-2-6-12(10)9-3-1-5-11(14)7-9/h2,4,6,8-9H,1,3,5,7H2. The Labute approximate surface area is 85.1 Å². The Kier molecular flexibility index (Phi) is 2.99. The molecule has 0 aromatic rings. The van der Waals surface area contributed by atoms with Gasteiger partial charge < -0.3 is 4.79 Å². The fourth-order valence-corrected chi connectivity index (χ4v) is 2.22. The third-order valence-corrected chi connectivity index (χ3v) is 2.93. The lowest BCUT2D eigenvalue weighted by Gasteiger charge is -2.27. The van der Waals surface area contributed by atoms with Gasteiger partial charge in [0.25, 0.3) is 0 Å². The van der Waals surface area contributed by atoms with Crippen molar-refractivity contribution in [2.75, 3.05) is 0 Å². The Morgan fingerprint density at radius 1 is 1.36 bits per heavy atom. The molecule has 0 spiro atoms. The Morgan fingerprint density at radius 3 is 2.93 bits per heavy atom. The van der Waals surface area contributed by atoms with Crippen LogP contribution in [0, 0.1) is 37.0 Å². The van der Waals surface area contributed by atoms with E-state index in [4.69, 9.17) is 0 Å². The van der Waals surface area contributed by atoms with Crippen molar-refractivity contribution >= 4 is 12.1 Å². The van der Waals surface area contributed by atoms with Crippen LogP contribution in [0.2, 0.25) is 0 Å². The molecule has 5 radical (unpaired) electrons. The maximum absolute atomic E-state index is 11.3. The Morgan fingerprint density at radius 2 is 2.21 bits per heavy atom. The molecule has 0 bridgehead atoms. The van der Waals surface area contributed by atoms with E-state index in [0.29, 0.717) is 18.6 Å². The summed E-state index contributed by atoms with van der Waals surface area (Å²) in [6.45, 7) is 0. The van der Waals surface area contributed by atoms with Gasteiger partial charge in [0.15, 0.2) is 0 Å². The van der Waals surface area contributed by atoms with E-state index in [0.717, 1.165) is 31.0 Å². The lowest BCUT2D eigenvalue weighted by atomic mass is 9.75. The molecule has 14 heavy (non-hydrogen) atoms. The second-order valence-electron chi connectivity index (χ2n) is 3.89. The molecule has 0 N–H and O–H groups in total. The molecule has 73 valence electrons. The predicted molar refractivity (Wildman–Crippen MR) is 52.4 cm³/mol. The fraction of sp³-hybridized carbons (Fsp3) is 0.417. The maximum Gasteiger partial charge on any atom is 0.133 e. The fourth-order valence-electron chi connectivity index (χ4n) is 2.22. The van der Waals surface area contributed by atoms with Crippen molar-refractivity contribution in [3.05, 3.63) is 31.1 Å². The largest absolute Gasteiger partial charge is 0.303 e. The number of aldehydes is 1. The van der Waals surface area contributed by atoms with Gasteiger partial charge in [0.05, 0.1) is 0 Å². The maximum atomic E-state index is 11.3. The molecule has 1 unspecified atom stereocenters. The minimum atomic E-state index is 0.284. The number of carbonyl (C=O) groups excluding carboxylic acids is 2. The molecule has 2 saturated carbocycles. The second kappa shape index (κ2) is 4.24. The summed E-state index contributed by atoms with van der Waals surface area (Å²) in [5.74, 6) is 2.43. The molecule has 0 aliphatic heterocycles. The minimum absolute atomic E-state index is 0.284. The highest BCUT2D eigenvalue weighted by molar-refractivity contribution is 5.84. The Balaban J connectivity index is 1.98. The smallest absolute Gasteiger partial charge is 0.133 e. The molecule has 2 heteroatoms. The van der Waals surface area contributed by atoms with E-state index in [1.807, 2.05) is 19.3 Å². The molecule has 2 nitrogen and oxygen atoms in total. The summed E-state index contributed by atoms with van der Waals surface area (Å²) >= 11 is 0. The van der Waals surface area contributed by atoms with Crippen LogP contribution >= 0.6 is 0 Å². The molecular formula is C12H13O2. The molecule has 1 atom stereocenters. The highest BCUT2D eigenvalue weighted by Crippen LogP contribution is 2.42. The van der Waals surface area contributed by atoms with Crippen LogP contribution in [0.5, 0.6) is 0 Å². The van der Waals surface area contributed by atoms with Gasteiger partial charge in [-0.3, -0.25) is 4.79 Å². The zero-order chi connectivity index (χ0) is 9.97. The van der Waals surface area contributed by atoms with Crippen LogP contribution in [0.1, 0.15) is 25.7 Å². The van der Waals surface area contributed by atoms with Gasteiger partial charge in [0.1, 0.15) is 12.1 Å². The molecule has 0 amide bonds. The summed E-state index contributed by atoms with van der Waals surface area (Å²) in [6, 6.07) is 0. The predicted octanol–water partition coefficient (Wildman–Crippen LogP) is 1.72. The van der Waals surface area contributed by atoms with E-state index in [9.17, 15) is 9.59 Å². The molecular weight excluding hydrogens is 176 g/mol. The first kappa shape index (κ1) is 9.88. The molecule has 0 aromatic carbocycles. The molecule has 2 rings (SSSR count). The molecule has 0 saturated heterocycles. The first-order chi connectivity index (χ1) is 6.81. The number of hydrogen-bond donors (Lipinski definition) is 0.